The molecule has 0 spiro atoms. The molecule has 1 amide bonds. The highest BCUT2D eigenvalue weighted by molar-refractivity contribution is 9.11. The van der Waals surface area contributed by atoms with E-state index in [1.165, 1.54) is 0 Å². The number of hydrogen-bond acceptors (Lipinski definition) is 4. The zero-order chi connectivity index (χ0) is 18.0. The van der Waals surface area contributed by atoms with Crippen molar-refractivity contribution in [2.75, 3.05) is 18.1 Å². The van der Waals surface area contributed by atoms with Crippen LogP contribution in [0, 0.1) is 0 Å². The van der Waals surface area contributed by atoms with E-state index in [0.717, 1.165) is 34.6 Å². The summed E-state index contributed by atoms with van der Waals surface area (Å²) in [5, 5.41) is 0. The molecule has 1 aliphatic heterocycles. The molecule has 0 radical (unpaired) electrons. The molecule has 1 heterocycles. The molecule has 138 valence electrons. The van der Waals surface area contributed by atoms with E-state index < -0.39 is 9.84 Å². The molecule has 0 bridgehead atoms. The van der Waals surface area contributed by atoms with Crippen molar-refractivity contribution in [3.05, 3.63) is 27.1 Å². The highest BCUT2D eigenvalue weighted by Gasteiger charge is 2.39. The quantitative estimate of drug-likeness (QED) is 0.627. The SMILES string of the molecule is O=C(COc1ccc(Br)cc1Br)N(C1CCCC1)[C@@H]1CCS(=O)(=O)C1. The summed E-state index contributed by atoms with van der Waals surface area (Å²) >= 11 is 6.80. The van der Waals surface area contributed by atoms with Crippen LogP contribution in [0.15, 0.2) is 27.1 Å². The van der Waals surface area contributed by atoms with Crippen molar-refractivity contribution in [1.82, 2.24) is 4.90 Å². The first-order valence-corrected chi connectivity index (χ1v) is 11.9. The minimum absolute atomic E-state index is 0.0761. The molecule has 2 aliphatic rings. The van der Waals surface area contributed by atoms with Gasteiger partial charge in [0.1, 0.15) is 5.75 Å². The van der Waals surface area contributed by atoms with Crippen LogP contribution in [0.3, 0.4) is 0 Å². The molecule has 3 rings (SSSR count). The molecule has 1 atom stereocenters. The minimum Gasteiger partial charge on any atom is -0.483 e. The molecule has 8 heteroatoms. The van der Waals surface area contributed by atoms with Crippen LogP contribution >= 0.6 is 31.9 Å². The molecular formula is C17H21Br2NO4S. The molecule has 5 nitrogen and oxygen atoms in total. The zero-order valence-corrected chi connectivity index (χ0v) is 17.8. The van der Waals surface area contributed by atoms with Crippen molar-refractivity contribution in [1.29, 1.82) is 0 Å². The normalized spacial score (nSPS) is 22.9. The van der Waals surface area contributed by atoms with Crippen LogP contribution in [-0.4, -0.2) is 49.4 Å². The highest BCUT2D eigenvalue weighted by atomic mass is 79.9. The van der Waals surface area contributed by atoms with Gasteiger partial charge in [-0.2, -0.15) is 0 Å². The molecule has 1 saturated heterocycles. The number of rotatable bonds is 5. The Labute approximate surface area is 165 Å². The van der Waals surface area contributed by atoms with E-state index in [4.69, 9.17) is 4.74 Å². The molecule has 0 aromatic heterocycles. The lowest BCUT2D eigenvalue weighted by Crippen LogP contribution is -2.48. The number of hydrogen-bond donors (Lipinski definition) is 0. The molecule has 1 saturated carbocycles. The zero-order valence-electron chi connectivity index (χ0n) is 13.8. The van der Waals surface area contributed by atoms with Crippen LogP contribution in [-0.2, 0) is 14.6 Å². The average Bonchev–Trinajstić information content (AvgIpc) is 3.17. The second-order valence-corrected chi connectivity index (χ2v) is 10.7. The number of carbonyl (C=O) groups excluding carboxylic acids is 1. The van der Waals surface area contributed by atoms with Gasteiger partial charge in [0.15, 0.2) is 16.4 Å². The van der Waals surface area contributed by atoms with Gasteiger partial charge >= 0.3 is 0 Å². The number of amides is 1. The Hall–Kier alpha value is -0.600. The van der Waals surface area contributed by atoms with E-state index >= 15 is 0 Å². The third-order valence-electron chi connectivity index (χ3n) is 4.85. The van der Waals surface area contributed by atoms with Gasteiger partial charge in [-0.25, -0.2) is 8.42 Å². The summed E-state index contributed by atoms with van der Waals surface area (Å²) in [7, 11) is -3.03. The molecule has 1 aromatic carbocycles. The Morgan fingerprint density at radius 2 is 1.88 bits per heavy atom. The van der Waals surface area contributed by atoms with Crippen LogP contribution in [0.2, 0.25) is 0 Å². The van der Waals surface area contributed by atoms with Crippen LogP contribution in [0.4, 0.5) is 0 Å². The second kappa shape index (κ2) is 7.96. The fourth-order valence-corrected chi connectivity index (χ4v) is 6.56. The van der Waals surface area contributed by atoms with Crippen molar-refractivity contribution >= 4 is 47.6 Å². The molecule has 1 aliphatic carbocycles. The van der Waals surface area contributed by atoms with Crippen molar-refractivity contribution < 1.29 is 17.9 Å². The smallest absolute Gasteiger partial charge is 0.261 e. The van der Waals surface area contributed by atoms with E-state index in [0.29, 0.717) is 12.2 Å². The maximum Gasteiger partial charge on any atom is 0.261 e. The van der Waals surface area contributed by atoms with Gasteiger partial charge in [-0.05, 0) is 53.4 Å². The summed E-state index contributed by atoms with van der Waals surface area (Å²) in [6, 6.07) is 5.43. The fourth-order valence-electron chi connectivity index (χ4n) is 3.69. The van der Waals surface area contributed by atoms with Crippen molar-refractivity contribution in [3.8, 4) is 5.75 Å². The maximum absolute atomic E-state index is 12.9. The van der Waals surface area contributed by atoms with Gasteiger partial charge in [0.2, 0.25) is 0 Å². The highest BCUT2D eigenvalue weighted by Crippen LogP contribution is 2.31. The summed E-state index contributed by atoms with van der Waals surface area (Å²) in [4.78, 5) is 14.7. The monoisotopic (exact) mass is 493 g/mol. The Kier molecular flexibility index (Phi) is 6.11. The fraction of sp³-hybridized carbons (Fsp3) is 0.588. The maximum atomic E-state index is 12.9. The van der Waals surface area contributed by atoms with Gasteiger partial charge < -0.3 is 9.64 Å². The summed E-state index contributed by atoms with van der Waals surface area (Å²) in [6.45, 7) is -0.0761. The van der Waals surface area contributed by atoms with Crippen molar-refractivity contribution in [2.45, 2.75) is 44.2 Å². The van der Waals surface area contributed by atoms with Crippen LogP contribution in [0.25, 0.3) is 0 Å². The number of nitrogens with zero attached hydrogens (tertiary/aromatic N) is 1. The lowest BCUT2D eigenvalue weighted by Gasteiger charge is -2.34. The summed E-state index contributed by atoms with van der Waals surface area (Å²) in [5.74, 6) is 0.732. The lowest BCUT2D eigenvalue weighted by atomic mass is 10.1. The van der Waals surface area contributed by atoms with Gasteiger partial charge in [0.05, 0.1) is 16.0 Å². The standard InChI is InChI=1S/C17H21Br2NO4S/c18-12-5-6-16(15(19)9-12)24-10-17(21)20(13-3-1-2-4-13)14-7-8-25(22,23)11-14/h5-6,9,13-14H,1-4,7-8,10-11H2/t14-/m1/s1. The summed E-state index contributed by atoms with van der Waals surface area (Å²) in [5.41, 5.74) is 0. The molecular weight excluding hydrogens is 474 g/mol. The predicted molar refractivity (Wildman–Crippen MR) is 103 cm³/mol. The minimum atomic E-state index is -3.03. The summed E-state index contributed by atoms with van der Waals surface area (Å²) < 4.78 is 31.1. The number of ether oxygens (including phenoxy) is 1. The molecule has 0 N–H and O–H groups in total. The van der Waals surface area contributed by atoms with Gasteiger partial charge in [0.25, 0.3) is 5.91 Å². The van der Waals surface area contributed by atoms with Crippen LogP contribution in [0.1, 0.15) is 32.1 Å². The van der Waals surface area contributed by atoms with Gasteiger partial charge in [-0.3, -0.25) is 4.79 Å². The van der Waals surface area contributed by atoms with E-state index in [1.54, 1.807) is 6.07 Å². The predicted octanol–water partition coefficient (Wildman–Crippen LogP) is 3.55. The van der Waals surface area contributed by atoms with Crippen molar-refractivity contribution in [2.24, 2.45) is 0 Å². The van der Waals surface area contributed by atoms with Crippen molar-refractivity contribution in [3.63, 3.8) is 0 Å². The summed E-state index contributed by atoms with van der Waals surface area (Å²) in [6.07, 6.45) is 4.61. The largest absolute Gasteiger partial charge is 0.483 e. The first kappa shape index (κ1) is 19.2. The van der Waals surface area contributed by atoms with Crippen LogP contribution in [0.5, 0.6) is 5.75 Å². The van der Waals surface area contributed by atoms with Crippen LogP contribution < -0.4 is 4.74 Å². The average molecular weight is 495 g/mol. The molecule has 0 unspecified atom stereocenters. The molecule has 25 heavy (non-hydrogen) atoms. The Balaban J connectivity index is 1.70. The van der Waals surface area contributed by atoms with Gasteiger partial charge in [-0.1, -0.05) is 28.8 Å². The van der Waals surface area contributed by atoms with E-state index in [1.807, 2.05) is 17.0 Å². The van der Waals surface area contributed by atoms with E-state index in [9.17, 15) is 13.2 Å². The Morgan fingerprint density at radius 3 is 2.48 bits per heavy atom. The topological polar surface area (TPSA) is 63.7 Å². The molecule has 2 fully saturated rings. The number of sulfone groups is 1. The second-order valence-electron chi connectivity index (χ2n) is 6.66. The number of halogens is 2. The third-order valence-corrected chi connectivity index (χ3v) is 7.72. The number of carbonyl (C=O) groups is 1. The first-order chi connectivity index (χ1) is 11.9. The number of benzene rings is 1. The van der Waals surface area contributed by atoms with Gasteiger partial charge in [-0.15, -0.1) is 0 Å². The molecule has 1 aromatic rings. The Bertz CT molecular complexity index is 747. The lowest BCUT2D eigenvalue weighted by molar-refractivity contribution is -0.137. The van der Waals surface area contributed by atoms with Gasteiger partial charge in [0, 0.05) is 16.6 Å². The first-order valence-electron chi connectivity index (χ1n) is 8.45. The van der Waals surface area contributed by atoms with E-state index in [-0.39, 0.29) is 36.1 Å². The Morgan fingerprint density at radius 1 is 1.16 bits per heavy atom. The van der Waals surface area contributed by atoms with E-state index in [2.05, 4.69) is 31.9 Å². The third kappa shape index (κ3) is 4.77.